The maximum absolute atomic E-state index is 6.89. The summed E-state index contributed by atoms with van der Waals surface area (Å²) in [5.74, 6) is 1.95. The van der Waals surface area contributed by atoms with Crippen LogP contribution < -0.4 is 20.9 Å². The molecule has 0 saturated carbocycles. The molecule has 2 unspecified atom stereocenters. The van der Waals surface area contributed by atoms with Crippen LogP contribution in [0, 0.1) is 16.7 Å². The number of nitrogens with two attached hydrogens (primary N) is 2. The lowest BCUT2D eigenvalue weighted by molar-refractivity contribution is 0.00400. The van der Waals surface area contributed by atoms with Crippen LogP contribution in [0.25, 0.3) is 0 Å². The van der Waals surface area contributed by atoms with Gasteiger partial charge in [0.05, 0.1) is 0 Å². The van der Waals surface area contributed by atoms with E-state index in [9.17, 15) is 0 Å². The van der Waals surface area contributed by atoms with Crippen molar-refractivity contribution in [2.45, 2.75) is 92.8 Å². The van der Waals surface area contributed by atoms with E-state index >= 15 is 0 Å². The van der Waals surface area contributed by atoms with E-state index in [2.05, 4.69) is 86.6 Å². The molecule has 0 spiro atoms. The quantitative estimate of drug-likeness (QED) is 0.334. The minimum atomic E-state index is -0.494. The minimum Gasteiger partial charge on any atom is -0.482 e. The third-order valence-corrected chi connectivity index (χ3v) is 9.27. The van der Waals surface area contributed by atoms with Crippen LogP contribution in [-0.2, 0) is 0 Å². The molecule has 4 rings (SSSR count). The van der Waals surface area contributed by atoms with E-state index in [1.807, 2.05) is 48.5 Å². The zero-order valence-corrected chi connectivity index (χ0v) is 26.6. The standard InChI is InChI=1S/C37H50N2O2/c1-10-31(32-23-36(34(4,5)6,21-19-25(32)2)40-29-15-11-27(38)12-16-29)33-24-37(35(7,8)9,22-20-26(33)3)41-30-17-13-28(39)14-18-30/h11-22,31H,10,23-24,38-39H2,1-9H3. The third-order valence-electron chi connectivity index (χ3n) is 9.27. The fraction of sp³-hybridized carbons (Fsp3) is 0.459. The number of allylic oxidation sites excluding steroid dienone is 4. The van der Waals surface area contributed by atoms with Crippen molar-refractivity contribution in [1.82, 2.24) is 0 Å². The second kappa shape index (κ2) is 11.1. The van der Waals surface area contributed by atoms with Gasteiger partial charge in [-0.1, -0.05) is 82.9 Å². The Morgan fingerprint density at radius 2 is 1.00 bits per heavy atom. The van der Waals surface area contributed by atoms with Gasteiger partial charge in [-0.15, -0.1) is 0 Å². The topological polar surface area (TPSA) is 70.5 Å². The second-order valence-electron chi connectivity index (χ2n) is 14.0. The SMILES string of the molecule is CCC(C1=C(C)C=CC(Oc2ccc(N)cc2)(C(C)(C)C)C1)C1=C(C)C=CC(Oc2ccc(N)cc2)(C(C)(C)C)C1. The number of hydrogen-bond acceptors (Lipinski definition) is 4. The highest BCUT2D eigenvalue weighted by Crippen LogP contribution is 2.51. The summed E-state index contributed by atoms with van der Waals surface area (Å²) in [4.78, 5) is 0. The molecule has 220 valence electrons. The summed E-state index contributed by atoms with van der Waals surface area (Å²) in [7, 11) is 0. The van der Waals surface area contributed by atoms with E-state index in [0.29, 0.717) is 0 Å². The summed E-state index contributed by atoms with van der Waals surface area (Å²) in [5, 5.41) is 0. The monoisotopic (exact) mass is 554 g/mol. The van der Waals surface area contributed by atoms with Crippen molar-refractivity contribution in [3.05, 3.63) is 95.1 Å². The third kappa shape index (κ3) is 6.12. The van der Waals surface area contributed by atoms with Crippen LogP contribution >= 0.6 is 0 Å². The predicted molar refractivity (Wildman–Crippen MR) is 174 cm³/mol. The zero-order chi connectivity index (χ0) is 30.2. The van der Waals surface area contributed by atoms with Crippen LogP contribution in [0.15, 0.2) is 95.1 Å². The van der Waals surface area contributed by atoms with E-state index < -0.39 is 11.2 Å². The number of benzene rings is 2. The number of hydrogen-bond donors (Lipinski definition) is 2. The van der Waals surface area contributed by atoms with E-state index in [1.54, 1.807) is 0 Å². The van der Waals surface area contributed by atoms with Gasteiger partial charge in [-0.3, -0.25) is 0 Å². The minimum absolute atomic E-state index is 0.140. The summed E-state index contributed by atoms with van der Waals surface area (Å²) in [6, 6.07) is 15.5. The summed E-state index contributed by atoms with van der Waals surface area (Å²) < 4.78 is 13.8. The van der Waals surface area contributed by atoms with Gasteiger partial charge in [0.1, 0.15) is 22.7 Å². The summed E-state index contributed by atoms with van der Waals surface area (Å²) in [5.41, 5.74) is 17.7. The molecule has 2 aliphatic carbocycles. The zero-order valence-electron chi connectivity index (χ0n) is 26.6. The van der Waals surface area contributed by atoms with Crippen LogP contribution in [0.3, 0.4) is 0 Å². The van der Waals surface area contributed by atoms with Crippen LogP contribution in [0.4, 0.5) is 11.4 Å². The maximum atomic E-state index is 6.89. The molecule has 2 aromatic rings. The number of rotatable bonds is 7. The van der Waals surface area contributed by atoms with Crippen molar-refractivity contribution in [2.75, 3.05) is 11.5 Å². The smallest absolute Gasteiger partial charge is 0.136 e. The molecule has 0 aromatic heterocycles. The molecule has 2 aromatic carbocycles. The first-order valence-corrected chi connectivity index (χ1v) is 15.0. The van der Waals surface area contributed by atoms with Crippen molar-refractivity contribution >= 4 is 11.4 Å². The normalized spacial score (nSPS) is 24.0. The van der Waals surface area contributed by atoms with Gasteiger partial charge in [0.2, 0.25) is 0 Å². The Morgan fingerprint density at radius 1 is 0.659 bits per heavy atom. The Hall–Kier alpha value is -3.40. The molecule has 0 aliphatic heterocycles. The van der Waals surface area contributed by atoms with Gasteiger partial charge in [0.15, 0.2) is 0 Å². The van der Waals surface area contributed by atoms with Gasteiger partial charge in [0.25, 0.3) is 0 Å². The second-order valence-corrected chi connectivity index (χ2v) is 14.0. The first kappa shape index (κ1) is 30.6. The molecule has 41 heavy (non-hydrogen) atoms. The van der Waals surface area contributed by atoms with E-state index in [1.165, 1.54) is 22.3 Å². The van der Waals surface area contributed by atoms with E-state index in [-0.39, 0.29) is 16.7 Å². The van der Waals surface area contributed by atoms with Crippen LogP contribution in [0.2, 0.25) is 0 Å². The molecular formula is C37H50N2O2. The summed E-state index contributed by atoms with van der Waals surface area (Å²) in [6.07, 6.45) is 11.8. The number of nitrogen functional groups attached to an aromatic ring is 2. The van der Waals surface area contributed by atoms with Crippen LogP contribution in [0.5, 0.6) is 11.5 Å². The van der Waals surface area contributed by atoms with E-state index in [0.717, 1.165) is 42.1 Å². The van der Waals surface area contributed by atoms with Gasteiger partial charge in [-0.05, 0) is 81.0 Å². The van der Waals surface area contributed by atoms with Crippen molar-refractivity contribution in [3.8, 4) is 11.5 Å². The first-order valence-electron chi connectivity index (χ1n) is 15.0. The molecule has 4 nitrogen and oxygen atoms in total. The van der Waals surface area contributed by atoms with Gasteiger partial charge in [-0.25, -0.2) is 0 Å². The van der Waals surface area contributed by atoms with Crippen molar-refractivity contribution < 1.29 is 9.47 Å². The van der Waals surface area contributed by atoms with Crippen molar-refractivity contribution in [1.29, 1.82) is 0 Å². The van der Waals surface area contributed by atoms with Crippen LogP contribution in [-0.4, -0.2) is 11.2 Å². The maximum Gasteiger partial charge on any atom is 0.136 e. The predicted octanol–water partition coefficient (Wildman–Crippen LogP) is 9.46. The molecule has 0 fully saturated rings. The molecule has 0 saturated heterocycles. The van der Waals surface area contributed by atoms with Gasteiger partial charge < -0.3 is 20.9 Å². The van der Waals surface area contributed by atoms with Gasteiger partial charge in [-0.2, -0.15) is 0 Å². The van der Waals surface area contributed by atoms with Crippen molar-refractivity contribution in [3.63, 3.8) is 0 Å². The Labute approximate surface area is 248 Å². The lowest BCUT2D eigenvalue weighted by atomic mass is 9.63. The highest BCUT2D eigenvalue weighted by molar-refractivity contribution is 5.47. The lowest BCUT2D eigenvalue weighted by Gasteiger charge is -2.48. The molecule has 4 N–H and O–H groups in total. The summed E-state index contributed by atoms with van der Waals surface area (Å²) >= 11 is 0. The average Bonchev–Trinajstić information content (AvgIpc) is 2.89. The molecular weight excluding hydrogens is 504 g/mol. The highest BCUT2D eigenvalue weighted by Gasteiger charge is 2.48. The molecule has 0 bridgehead atoms. The Kier molecular flexibility index (Phi) is 8.28. The largest absolute Gasteiger partial charge is 0.482 e. The molecule has 0 heterocycles. The molecule has 2 aliphatic rings. The number of anilines is 2. The van der Waals surface area contributed by atoms with Crippen molar-refractivity contribution in [2.24, 2.45) is 16.7 Å². The Bertz CT molecular complexity index is 1260. The summed E-state index contributed by atoms with van der Waals surface area (Å²) in [6.45, 7) is 20.4. The fourth-order valence-corrected chi connectivity index (χ4v) is 6.16. The highest BCUT2D eigenvalue weighted by atomic mass is 16.5. The first-order chi connectivity index (χ1) is 19.1. The molecule has 2 atom stereocenters. The average molecular weight is 555 g/mol. The molecule has 0 amide bonds. The fourth-order valence-electron chi connectivity index (χ4n) is 6.16. The lowest BCUT2D eigenvalue weighted by Crippen LogP contribution is -2.50. The molecule has 4 heteroatoms. The van der Waals surface area contributed by atoms with Gasteiger partial charge in [0, 0.05) is 41.0 Å². The molecule has 0 radical (unpaired) electrons. The Balaban J connectivity index is 1.73. The Morgan fingerprint density at radius 3 is 1.29 bits per heavy atom. The van der Waals surface area contributed by atoms with Crippen LogP contribution in [0.1, 0.15) is 81.6 Å². The number of ether oxygens (including phenoxy) is 2. The van der Waals surface area contributed by atoms with E-state index in [4.69, 9.17) is 20.9 Å². The van der Waals surface area contributed by atoms with Gasteiger partial charge >= 0.3 is 0 Å².